The van der Waals surface area contributed by atoms with E-state index in [0.29, 0.717) is 24.5 Å². The fourth-order valence-electron chi connectivity index (χ4n) is 2.11. The largest absolute Gasteiger partial charge is 0.493 e. The Morgan fingerprint density at radius 3 is 2.72 bits per heavy atom. The molecule has 0 spiro atoms. The topological polar surface area (TPSA) is 50.7 Å². The van der Waals surface area contributed by atoms with Gasteiger partial charge in [0.25, 0.3) is 0 Å². The monoisotopic (exact) mass is 376 g/mol. The molecule has 2 aromatic carbocycles. The zero-order chi connectivity index (χ0) is 18.1. The standard InChI is InChI=1S/C19H21ClN2O2S/c1-14-12-16(20)7-10-18(14)24-11-3-4-19(23)22-21-13-15-5-8-17(25-2)9-6-15/h5-10,12-13H,3-4,11H2,1-2H3,(H,22,23). The van der Waals surface area contributed by atoms with E-state index < -0.39 is 0 Å². The van der Waals surface area contributed by atoms with Crippen LogP contribution in [0.15, 0.2) is 52.5 Å². The van der Waals surface area contributed by atoms with Gasteiger partial charge < -0.3 is 4.74 Å². The van der Waals surface area contributed by atoms with Gasteiger partial charge in [-0.15, -0.1) is 11.8 Å². The molecule has 0 aliphatic rings. The second kappa shape index (κ2) is 10.1. The van der Waals surface area contributed by atoms with E-state index in [4.69, 9.17) is 16.3 Å². The number of ether oxygens (including phenoxy) is 1. The highest BCUT2D eigenvalue weighted by Crippen LogP contribution is 2.21. The van der Waals surface area contributed by atoms with E-state index in [0.717, 1.165) is 16.9 Å². The Morgan fingerprint density at radius 1 is 1.28 bits per heavy atom. The Bertz CT molecular complexity index is 733. The maximum Gasteiger partial charge on any atom is 0.240 e. The molecule has 0 saturated heterocycles. The predicted molar refractivity (Wildman–Crippen MR) is 105 cm³/mol. The maximum absolute atomic E-state index is 11.8. The number of nitrogens with one attached hydrogen (secondary N) is 1. The van der Waals surface area contributed by atoms with Crippen LogP contribution in [0.3, 0.4) is 0 Å². The van der Waals surface area contributed by atoms with Gasteiger partial charge in [-0.1, -0.05) is 23.7 Å². The van der Waals surface area contributed by atoms with Gasteiger partial charge in [0.15, 0.2) is 0 Å². The molecule has 25 heavy (non-hydrogen) atoms. The first-order chi connectivity index (χ1) is 12.1. The Hall–Kier alpha value is -1.98. The number of thioether (sulfide) groups is 1. The number of rotatable bonds is 8. The summed E-state index contributed by atoms with van der Waals surface area (Å²) in [6.45, 7) is 2.41. The molecule has 1 amide bonds. The third kappa shape index (κ3) is 6.80. The molecule has 0 atom stereocenters. The fraction of sp³-hybridized carbons (Fsp3) is 0.263. The normalized spacial score (nSPS) is 10.8. The third-order valence-corrected chi connectivity index (χ3v) is 4.44. The van der Waals surface area contributed by atoms with E-state index in [2.05, 4.69) is 10.5 Å². The number of carbonyl (C=O) groups excluding carboxylic acids is 1. The lowest BCUT2D eigenvalue weighted by atomic mass is 10.2. The number of aryl methyl sites for hydroxylation is 1. The van der Waals surface area contributed by atoms with E-state index in [1.807, 2.05) is 49.6 Å². The predicted octanol–water partition coefficient (Wildman–Crippen LogP) is 4.68. The van der Waals surface area contributed by atoms with Gasteiger partial charge in [0.2, 0.25) is 5.91 Å². The van der Waals surface area contributed by atoms with Crippen LogP contribution in [0.2, 0.25) is 5.02 Å². The van der Waals surface area contributed by atoms with Gasteiger partial charge in [-0.3, -0.25) is 4.79 Å². The summed E-state index contributed by atoms with van der Waals surface area (Å²) in [7, 11) is 0. The van der Waals surface area contributed by atoms with E-state index >= 15 is 0 Å². The van der Waals surface area contributed by atoms with Gasteiger partial charge in [0, 0.05) is 16.3 Å². The lowest BCUT2D eigenvalue weighted by Gasteiger charge is -2.08. The van der Waals surface area contributed by atoms with Crippen molar-refractivity contribution in [2.24, 2.45) is 5.10 Å². The van der Waals surface area contributed by atoms with E-state index in [-0.39, 0.29) is 5.91 Å². The Kier molecular flexibility index (Phi) is 7.82. The van der Waals surface area contributed by atoms with Gasteiger partial charge in [0.05, 0.1) is 12.8 Å². The molecule has 0 unspecified atom stereocenters. The number of carbonyl (C=O) groups is 1. The van der Waals surface area contributed by atoms with Crippen molar-refractivity contribution in [2.45, 2.75) is 24.7 Å². The van der Waals surface area contributed by atoms with Crippen molar-refractivity contribution >= 4 is 35.5 Å². The van der Waals surface area contributed by atoms with Crippen molar-refractivity contribution in [1.29, 1.82) is 0 Å². The highest BCUT2D eigenvalue weighted by molar-refractivity contribution is 7.98. The second-order valence-corrected chi connectivity index (χ2v) is 6.74. The zero-order valence-corrected chi connectivity index (χ0v) is 15.9. The van der Waals surface area contributed by atoms with Crippen molar-refractivity contribution in [1.82, 2.24) is 5.43 Å². The van der Waals surface area contributed by atoms with Gasteiger partial charge in [-0.05, 0) is 61.1 Å². The SMILES string of the molecule is CSc1ccc(C=NNC(=O)CCCOc2ccc(Cl)cc2C)cc1. The second-order valence-electron chi connectivity index (χ2n) is 5.43. The lowest BCUT2D eigenvalue weighted by Crippen LogP contribution is -2.18. The summed E-state index contributed by atoms with van der Waals surface area (Å²) in [6, 6.07) is 13.4. The van der Waals surface area contributed by atoms with Crippen molar-refractivity contribution in [3.8, 4) is 5.75 Å². The Labute approximate surface area is 157 Å². The molecular formula is C19H21ClN2O2S. The molecule has 0 fully saturated rings. The van der Waals surface area contributed by atoms with Gasteiger partial charge >= 0.3 is 0 Å². The van der Waals surface area contributed by atoms with Gasteiger partial charge in [0.1, 0.15) is 5.75 Å². The fourth-order valence-corrected chi connectivity index (χ4v) is 2.75. The molecule has 132 valence electrons. The minimum Gasteiger partial charge on any atom is -0.493 e. The molecule has 0 bridgehead atoms. The van der Waals surface area contributed by atoms with Crippen LogP contribution in [0, 0.1) is 6.92 Å². The van der Waals surface area contributed by atoms with Crippen LogP contribution in [-0.2, 0) is 4.79 Å². The first-order valence-corrected chi connectivity index (χ1v) is 9.53. The lowest BCUT2D eigenvalue weighted by molar-refractivity contribution is -0.121. The summed E-state index contributed by atoms with van der Waals surface area (Å²) in [5.74, 6) is 0.657. The summed E-state index contributed by atoms with van der Waals surface area (Å²) in [5, 5.41) is 4.66. The van der Waals surface area contributed by atoms with Crippen LogP contribution in [-0.4, -0.2) is 25.0 Å². The molecule has 0 aliphatic carbocycles. The van der Waals surface area contributed by atoms with Crippen LogP contribution >= 0.6 is 23.4 Å². The minimum absolute atomic E-state index is 0.131. The highest BCUT2D eigenvalue weighted by Gasteiger charge is 2.03. The number of hydrogen-bond donors (Lipinski definition) is 1. The molecule has 0 heterocycles. The van der Waals surface area contributed by atoms with Gasteiger partial charge in [-0.25, -0.2) is 5.43 Å². The average Bonchev–Trinajstić information content (AvgIpc) is 2.61. The molecule has 6 heteroatoms. The number of benzene rings is 2. The van der Waals surface area contributed by atoms with Crippen molar-refractivity contribution in [3.05, 3.63) is 58.6 Å². The summed E-state index contributed by atoms with van der Waals surface area (Å²) < 4.78 is 5.66. The van der Waals surface area contributed by atoms with Crippen LogP contribution in [0.4, 0.5) is 0 Å². The average molecular weight is 377 g/mol. The molecule has 0 saturated carbocycles. The molecule has 2 rings (SSSR count). The molecular weight excluding hydrogens is 356 g/mol. The van der Waals surface area contributed by atoms with Crippen molar-refractivity contribution in [2.75, 3.05) is 12.9 Å². The van der Waals surface area contributed by atoms with E-state index in [1.165, 1.54) is 4.90 Å². The van der Waals surface area contributed by atoms with Crippen LogP contribution in [0.25, 0.3) is 0 Å². The first kappa shape index (κ1) is 19.3. The number of halogens is 1. The summed E-state index contributed by atoms with van der Waals surface area (Å²) in [4.78, 5) is 12.9. The molecule has 0 aromatic heterocycles. The maximum atomic E-state index is 11.8. The molecule has 2 aromatic rings. The third-order valence-electron chi connectivity index (χ3n) is 3.46. The van der Waals surface area contributed by atoms with Crippen LogP contribution in [0.5, 0.6) is 5.75 Å². The number of amides is 1. The molecule has 0 radical (unpaired) electrons. The minimum atomic E-state index is -0.131. The Morgan fingerprint density at radius 2 is 2.04 bits per heavy atom. The number of nitrogens with zero attached hydrogens (tertiary/aromatic N) is 1. The molecule has 4 nitrogen and oxygen atoms in total. The van der Waals surface area contributed by atoms with Crippen molar-refractivity contribution in [3.63, 3.8) is 0 Å². The van der Waals surface area contributed by atoms with Crippen LogP contribution in [0.1, 0.15) is 24.0 Å². The number of hydrogen-bond acceptors (Lipinski definition) is 4. The molecule has 0 aliphatic heterocycles. The van der Waals surface area contributed by atoms with Gasteiger partial charge in [-0.2, -0.15) is 5.10 Å². The smallest absolute Gasteiger partial charge is 0.240 e. The highest BCUT2D eigenvalue weighted by atomic mass is 35.5. The summed E-state index contributed by atoms with van der Waals surface area (Å²) in [5.41, 5.74) is 4.45. The first-order valence-electron chi connectivity index (χ1n) is 7.93. The van der Waals surface area contributed by atoms with E-state index in [9.17, 15) is 4.79 Å². The van der Waals surface area contributed by atoms with Crippen LogP contribution < -0.4 is 10.2 Å². The summed E-state index contributed by atoms with van der Waals surface area (Å²) >= 11 is 7.59. The quantitative estimate of drug-likeness (QED) is 0.315. The zero-order valence-electron chi connectivity index (χ0n) is 14.3. The van der Waals surface area contributed by atoms with E-state index in [1.54, 1.807) is 24.0 Å². The number of hydrazone groups is 1. The Balaban J connectivity index is 1.67. The summed E-state index contributed by atoms with van der Waals surface area (Å²) in [6.07, 6.45) is 4.64. The van der Waals surface area contributed by atoms with Crippen molar-refractivity contribution < 1.29 is 9.53 Å². The molecule has 1 N–H and O–H groups in total.